The van der Waals surface area contributed by atoms with E-state index in [1.807, 2.05) is 56.0 Å². The van der Waals surface area contributed by atoms with Crippen molar-refractivity contribution in [1.29, 1.82) is 0 Å². The highest BCUT2D eigenvalue weighted by atomic mass is 16.5. The topological polar surface area (TPSA) is 45.7 Å². The first-order chi connectivity index (χ1) is 13.6. The number of hydrogen-bond acceptors (Lipinski definition) is 4. The number of ether oxygens (including phenoxy) is 1. The molecule has 0 aliphatic carbocycles. The first-order valence-corrected chi connectivity index (χ1v) is 10.3. The maximum absolute atomic E-state index is 12.7. The minimum atomic E-state index is 0.0966. The third kappa shape index (κ3) is 5.03. The number of rotatable bonds is 5. The molecule has 1 aromatic heterocycles. The molecule has 0 bridgehead atoms. The van der Waals surface area contributed by atoms with Gasteiger partial charge in [0.05, 0.1) is 12.7 Å². The SMILES string of the molecule is CC.CCN(c1ccc(OC)cc1)c1ncc(C(=O)N2CCCCC2)cc1C. The largest absolute Gasteiger partial charge is 0.497 e. The Balaban J connectivity index is 0.00000136. The Morgan fingerprint density at radius 1 is 1.14 bits per heavy atom. The van der Waals surface area contributed by atoms with Gasteiger partial charge in [-0.2, -0.15) is 0 Å². The summed E-state index contributed by atoms with van der Waals surface area (Å²) in [5.74, 6) is 1.81. The van der Waals surface area contributed by atoms with Crippen molar-refractivity contribution in [3.05, 3.63) is 47.7 Å². The first kappa shape index (κ1) is 21.7. The number of likely N-dealkylation sites (tertiary alicyclic amines) is 1. The zero-order valence-corrected chi connectivity index (χ0v) is 17.9. The lowest BCUT2D eigenvalue weighted by atomic mass is 10.1. The number of aromatic nitrogens is 1. The lowest BCUT2D eigenvalue weighted by Gasteiger charge is -2.27. The molecular weight excluding hydrogens is 350 g/mol. The Morgan fingerprint density at radius 2 is 1.79 bits per heavy atom. The van der Waals surface area contributed by atoms with E-state index in [2.05, 4.69) is 16.8 Å². The second-order valence-electron chi connectivity index (χ2n) is 6.66. The summed E-state index contributed by atoms with van der Waals surface area (Å²) >= 11 is 0. The fourth-order valence-electron chi connectivity index (χ4n) is 3.46. The molecule has 1 aliphatic heterocycles. The van der Waals surface area contributed by atoms with Gasteiger partial charge in [-0.15, -0.1) is 0 Å². The molecule has 1 fully saturated rings. The molecule has 0 N–H and O–H groups in total. The zero-order chi connectivity index (χ0) is 20.5. The maximum atomic E-state index is 12.7. The van der Waals surface area contributed by atoms with E-state index in [0.717, 1.165) is 55.3 Å². The first-order valence-electron chi connectivity index (χ1n) is 10.3. The predicted octanol–water partition coefficient (Wildman–Crippen LogP) is 5.21. The van der Waals surface area contributed by atoms with Crippen molar-refractivity contribution in [1.82, 2.24) is 9.88 Å². The number of aryl methyl sites for hydroxylation is 1. The van der Waals surface area contributed by atoms with Crippen LogP contribution in [-0.4, -0.2) is 42.5 Å². The fourth-order valence-corrected chi connectivity index (χ4v) is 3.46. The summed E-state index contributed by atoms with van der Waals surface area (Å²) in [6.07, 6.45) is 5.12. The molecule has 2 aromatic rings. The number of carbonyl (C=O) groups is 1. The third-order valence-electron chi connectivity index (χ3n) is 4.90. The van der Waals surface area contributed by atoms with Crippen molar-refractivity contribution in [2.75, 3.05) is 31.6 Å². The number of pyridine rings is 1. The maximum Gasteiger partial charge on any atom is 0.255 e. The van der Waals surface area contributed by atoms with Crippen LogP contribution in [0.5, 0.6) is 5.75 Å². The van der Waals surface area contributed by atoms with Crippen LogP contribution in [-0.2, 0) is 0 Å². The average molecular weight is 384 g/mol. The van der Waals surface area contributed by atoms with Crippen LogP contribution in [0, 0.1) is 6.92 Å². The number of benzene rings is 1. The Morgan fingerprint density at radius 3 is 2.32 bits per heavy atom. The molecule has 3 rings (SSSR count). The van der Waals surface area contributed by atoms with Gasteiger partial charge in [-0.05, 0) is 69.0 Å². The highest BCUT2D eigenvalue weighted by Gasteiger charge is 2.20. The van der Waals surface area contributed by atoms with E-state index in [1.165, 1.54) is 6.42 Å². The number of amides is 1. The molecule has 0 radical (unpaired) electrons. The molecule has 0 unspecified atom stereocenters. The lowest BCUT2D eigenvalue weighted by Crippen LogP contribution is -2.35. The number of hydrogen-bond donors (Lipinski definition) is 0. The molecule has 0 spiro atoms. The van der Waals surface area contributed by atoms with Crippen LogP contribution in [0.25, 0.3) is 0 Å². The highest BCUT2D eigenvalue weighted by Crippen LogP contribution is 2.28. The summed E-state index contributed by atoms with van der Waals surface area (Å²) in [7, 11) is 1.66. The standard InChI is InChI=1S/C21H27N3O2.C2H6/c1-4-24(18-8-10-19(26-3)11-9-18)20-16(2)14-17(15-22-20)21(25)23-12-6-5-7-13-23;1-2/h8-11,14-15H,4-7,12-13H2,1-3H3;1-2H3. The van der Waals surface area contributed by atoms with E-state index in [-0.39, 0.29) is 5.91 Å². The molecule has 0 saturated carbocycles. The van der Waals surface area contributed by atoms with Crippen LogP contribution in [0.2, 0.25) is 0 Å². The van der Waals surface area contributed by atoms with Crippen molar-refractivity contribution in [3.8, 4) is 5.75 Å². The molecule has 5 heteroatoms. The summed E-state index contributed by atoms with van der Waals surface area (Å²) in [5, 5.41) is 0. The molecule has 1 aliphatic rings. The third-order valence-corrected chi connectivity index (χ3v) is 4.90. The van der Waals surface area contributed by atoms with Crippen molar-refractivity contribution >= 4 is 17.4 Å². The fraction of sp³-hybridized carbons (Fsp3) is 0.478. The minimum absolute atomic E-state index is 0.0966. The van der Waals surface area contributed by atoms with Gasteiger partial charge in [0.25, 0.3) is 5.91 Å². The molecule has 1 saturated heterocycles. The molecule has 0 atom stereocenters. The lowest BCUT2D eigenvalue weighted by molar-refractivity contribution is 0.0724. The van der Waals surface area contributed by atoms with Crippen LogP contribution in [0.3, 0.4) is 0 Å². The molecule has 1 amide bonds. The number of piperidine rings is 1. The summed E-state index contributed by atoms with van der Waals surface area (Å²) < 4.78 is 5.24. The van der Waals surface area contributed by atoms with Gasteiger partial charge in [0.2, 0.25) is 0 Å². The Bertz CT molecular complexity index is 753. The number of carbonyl (C=O) groups excluding carboxylic acids is 1. The number of anilines is 2. The van der Waals surface area contributed by atoms with Gasteiger partial charge in [0.15, 0.2) is 0 Å². The molecular formula is C23H33N3O2. The van der Waals surface area contributed by atoms with Crippen molar-refractivity contribution in [2.24, 2.45) is 0 Å². The second-order valence-corrected chi connectivity index (χ2v) is 6.66. The second kappa shape index (κ2) is 10.7. The van der Waals surface area contributed by atoms with Gasteiger partial charge >= 0.3 is 0 Å². The molecule has 1 aromatic carbocycles. The van der Waals surface area contributed by atoms with Gasteiger partial charge in [0, 0.05) is 31.5 Å². The average Bonchev–Trinajstić information content (AvgIpc) is 2.77. The summed E-state index contributed by atoms with van der Waals surface area (Å²) in [5.41, 5.74) is 2.74. The van der Waals surface area contributed by atoms with Crippen molar-refractivity contribution in [2.45, 2.75) is 47.0 Å². The van der Waals surface area contributed by atoms with E-state index in [1.54, 1.807) is 13.3 Å². The van der Waals surface area contributed by atoms with Gasteiger partial charge in [0.1, 0.15) is 11.6 Å². The van der Waals surface area contributed by atoms with Gasteiger partial charge in [-0.3, -0.25) is 4.79 Å². The smallest absolute Gasteiger partial charge is 0.255 e. The summed E-state index contributed by atoms with van der Waals surface area (Å²) in [6.45, 7) is 10.6. The van der Waals surface area contributed by atoms with Crippen LogP contribution in [0.1, 0.15) is 56.0 Å². The Hall–Kier alpha value is -2.56. The summed E-state index contributed by atoms with van der Waals surface area (Å²) in [4.78, 5) is 21.4. The monoisotopic (exact) mass is 383 g/mol. The predicted molar refractivity (Wildman–Crippen MR) is 116 cm³/mol. The normalized spacial score (nSPS) is 13.4. The zero-order valence-electron chi connectivity index (χ0n) is 17.9. The van der Waals surface area contributed by atoms with Gasteiger partial charge in [-0.25, -0.2) is 4.98 Å². The van der Waals surface area contributed by atoms with Crippen molar-refractivity contribution < 1.29 is 9.53 Å². The molecule has 152 valence electrons. The van der Waals surface area contributed by atoms with Gasteiger partial charge in [-0.1, -0.05) is 13.8 Å². The van der Waals surface area contributed by atoms with Crippen LogP contribution in [0.4, 0.5) is 11.5 Å². The minimum Gasteiger partial charge on any atom is -0.497 e. The van der Waals surface area contributed by atoms with E-state index in [4.69, 9.17) is 4.74 Å². The molecule has 5 nitrogen and oxygen atoms in total. The van der Waals surface area contributed by atoms with E-state index >= 15 is 0 Å². The van der Waals surface area contributed by atoms with E-state index in [0.29, 0.717) is 5.56 Å². The Labute approximate surface area is 169 Å². The van der Waals surface area contributed by atoms with Crippen molar-refractivity contribution in [3.63, 3.8) is 0 Å². The molecule has 2 heterocycles. The quantitative estimate of drug-likeness (QED) is 0.711. The van der Waals surface area contributed by atoms with E-state index < -0.39 is 0 Å². The molecule has 28 heavy (non-hydrogen) atoms. The van der Waals surface area contributed by atoms with Crippen LogP contribution in [0.15, 0.2) is 36.5 Å². The summed E-state index contributed by atoms with van der Waals surface area (Å²) in [6, 6.07) is 9.90. The highest BCUT2D eigenvalue weighted by molar-refractivity contribution is 5.94. The van der Waals surface area contributed by atoms with Gasteiger partial charge < -0.3 is 14.5 Å². The van der Waals surface area contributed by atoms with E-state index in [9.17, 15) is 4.79 Å². The van der Waals surface area contributed by atoms with Crippen LogP contribution < -0.4 is 9.64 Å². The number of nitrogens with zero attached hydrogens (tertiary/aromatic N) is 3. The van der Waals surface area contributed by atoms with Crippen LogP contribution >= 0.6 is 0 Å². The number of methoxy groups -OCH3 is 1. The Kier molecular flexibility index (Phi) is 8.30.